The monoisotopic (exact) mass is 255 g/mol. The van der Waals surface area contributed by atoms with E-state index in [4.69, 9.17) is 4.74 Å². The van der Waals surface area contributed by atoms with Crippen molar-refractivity contribution in [3.05, 3.63) is 11.1 Å². The normalized spacial score (nSPS) is 19.6. The summed E-state index contributed by atoms with van der Waals surface area (Å²) in [6.07, 6.45) is 1.00. The molecular weight excluding hydrogens is 234 g/mol. The summed E-state index contributed by atoms with van der Waals surface area (Å²) in [5.74, 6) is 0. The average molecular weight is 255 g/mol. The van der Waals surface area contributed by atoms with Crippen LogP contribution in [-0.4, -0.2) is 43.9 Å². The maximum absolute atomic E-state index is 5.71. The smallest absolute Gasteiger partial charge is 0.185 e. The van der Waals surface area contributed by atoms with E-state index in [1.54, 1.807) is 11.3 Å². The third-order valence-electron chi connectivity index (χ3n) is 2.87. The van der Waals surface area contributed by atoms with Crippen molar-refractivity contribution < 1.29 is 4.74 Å². The van der Waals surface area contributed by atoms with Gasteiger partial charge in [0.1, 0.15) is 0 Å². The first-order valence-corrected chi connectivity index (χ1v) is 6.96. The summed E-state index contributed by atoms with van der Waals surface area (Å²) in [5, 5.41) is 6.44. The predicted octanol–water partition coefficient (Wildman–Crippen LogP) is 1.52. The van der Waals surface area contributed by atoms with E-state index in [1.165, 1.54) is 5.69 Å². The fraction of sp³-hybridized carbons (Fsp3) is 0.750. The molecule has 1 fully saturated rings. The molecule has 1 aliphatic rings. The van der Waals surface area contributed by atoms with E-state index in [9.17, 15) is 0 Å². The van der Waals surface area contributed by atoms with Crippen LogP contribution in [0, 0.1) is 0 Å². The van der Waals surface area contributed by atoms with Gasteiger partial charge in [-0.3, -0.25) is 0 Å². The van der Waals surface area contributed by atoms with Crippen molar-refractivity contribution in [3.8, 4) is 0 Å². The Bertz CT molecular complexity index is 364. The topological polar surface area (TPSA) is 37.4 Å². The van der Waals surface area contributed by atoms with Crippen molar-refractivity contribution in [3.63, 3.8) is 0 Å². The molecule has 2 rings (SSSR count). The lowest BCUT2D eigenvalue weighted by atomic mass is 10.1. The van der Waals surface area contributed by atoms with Gasteiger partial charge >= 0.3 is 0 Å². The van der Waals surface area contributed by atoms with Gasteiger partial charge in [0.2, 0.25) is 0 Å². The first kappa shape index (κ1) is 12.8. The fourth-order valence-electron chi connectivity index (χ4n) is 1.99. The Balaban J connectivity index is 1.99. The average Bonchev–Trinajstić information content (AvgIpc) is 2.73. The van der Waals surface area contributed by atoms with Crippen LogP contribution >= 0.6 is 11.3 Å². The molecule has 17 heavy (non-hydrogen) atoms. The molecule has 2 heterocycles. The molecule has 0 bridgehead atoms. The number of likely N-dealkylation sites (N-methyl/N-ethyl adjacent to an activating group) is 1. The van der Waals surface area contributed by atoms with Crippen LogP contribution in [-0.2, 0) is 11.2 Å². The van der Waals surface area contributed by atoms with Crippen molar-refractivity contribution in [2.24, 2.45) is 0 Å². The Hall–Kier alpha value is -0.650. The molecule has 0 radical (unpaired) electrons. The number of rotatable bonds is 4. The van der Waals surface area contributed by atoms with E-state index in [0.717, 1.165) is 37.8 Å². The van der Waals surface area contributed by atoms with Crippen LogP contribution in [0.3, 0.4) is 0 Å². The first-order valence-electron chi connectivity index (χ1n) is 6.09. The quantitative estimate of drug-likeness (QED) is 0.885. The Kier molecular flexibility index (Phi) is 4.01. The summed E-state index contributed by atoms with van der Waals surface area (Å²) < 4.78 is 5.71. The van der Waals surface area contributed by atoms with Gasteiger partial charge in [0.15, 0.2) is 5.13 Å². The van der Waals surface area contributed by atoms with Crippen LogP contribution in [0.2, 0.25) is 0 Å². The van der Waals surface area contributed by atoms with Gasteiger partial charge in [-0.2, -0.15) is 0 Å². The molecule has 0 spiro atoms. The molecule has 1 aromatic rings. The molecule has 0 unspecified atom stereocenters. The fourth-order valence-corrected chi connectivity index (χ4v) is 2.88. The van der Waals surface area contributed by atoms with Gasteiger partial charge in [-0.1, -0.05) is 0 Å². The zero-order valence-electron chi connectivity index (χ0n) is 10.8. The second kappa shape index (κ2) is 5.33. The largest absolute Gasteiger partial charge is 0.372 e. The number of nitrogens with zero attached hydrogens (tertiary/aromatic N) is 2. The van der Waals surface area contributed by atoms with Gasteiger partial charge in [-0.25, -0.2) is 4.98 Å². The van der Waals surface area contributed by atoms with Crippen molar-refractivity contribution in [1.82, 2.24) is 10.3 Å². The first-order chi connectivity index (χ1) is 8.11. The van der Waals surface area contributed by atoms with Crippen molar-refractivity contribution in [1.29, 1.82) is 0 Å². The van der Waals surface area contributed by atoms with E-state index in [1.807, 2.05) is 7.05 Å². The summed E-state index contributed by atoms with van der Waals surface area (Å²) in [6.45, 7) is 7.91. The Morgan fingerprint density at radius 3 is 3.12 bits per heavy atom. The molecule has 0 atom stereocenters. The van der Waals surface area contributed by atoms with E-state index in [0.29, 0.717) is 0 Å². The molecule has 1 aromatic heterocycles. The highest BCUT2D eigenvalue weighted by Crippen LogP contribution is 2.26. The van der Waals surface area contributed by atoms with Crippen molar-refractivity contribution in [2.75, 3.05) is 38.2 Å². The van der Waals surface area contributed by atoms with Crippen molar-refractivity contribution >= 4 is 16.5 Å². The Morgan fingerprint density at radius 1 is 1.59 bits per heavy atom. The molecule has 0 saturated carbocycles. The summed E-state index contributed by atoms with van der Waals surface area (Å²) in [4.78, 5) is 7.02. The standard InChI is InChI=1S/C12H21N3OS/c1-12(2)9-15(6-7-16-12)11-14-10(8-17-11)4-5-13-3/h8,13H,4-7,9H2,1-3H3. The van der Waals surface area contributed by atoms with Crippen LogP contribution in [0.25, 0.3) is 0 Å². The van der Waals surface area contributed by atoms with E-state index >= 15 is 0 Å². The van der Waals surface area contributed by atoms with Gasteiger partial charge in [-0.05, 0) is 20.9 Å². The maximum atomic E-state index is 5.71. The summed E-state index contributed by atoms with van der Waals surface area (Å²) in [7, 11) is 1.97. The summed E-state index contributed by atoms with van der Waals surface area (Å²) in [5.41, 5.74) is 1.12. The highest BCUT2D eigenvalue weighted by atomic mass is 32.1. The van der Waals surface area contributed by atoms with Crippen LogP contribution in [0.4, 0.5) is 5.13 Å². The summed E-state index contributed by atoms with van der Waals surface area (Å²) >= 11 is 1.74. The highest BCUT2D eigenvalue weighted by Gasteiger charge is 2.28. The molecule has 1 aliphatic heterocycles. The lowest BCUT2D eigenvalue weighted by Gasteiger charge is -2.37. The zero-order valence-corrected chi connectivity index (χ0v) is 11.6. The summed E-state index contributed by atoms with van der Waals surface area (Å²) in [6, 6.07) is 0. The molecular formula is C12H21N3OS. The van der Waals surface area contributed by atoms with Gasteiger partial charge in [-0.15, -0.1) is 11.3 Å². The van der Waals surface area contributed by atoms with Gasteiger partial charge < -0.3 is 15.0 Å². The number of nitrogens with one attached hydrogen (secondary N) is 1. The number of hydrogen-bond acceptors (Lipinski definition) is 5. The lowest BCUT2D eigenvalue weighted by Crippen LogP contribution is -2.48. The number of ether oxygens (including phenoxy) is 1. The van der Waals surface area contributed by atoms with Gasteiger partial charge in [0.05, 0.1) is 17.9 Å². The van der Waals surface area contributed by atoms with E-state index < -0.39 is 0 Å². The molecule has 1 N–H and O–H groups in total. The Morgan fingerprint density at radius 2 is 2.41 bits per heavy atom. The van der Waals surface area contributed by atoms with Crippen LogP contribution < -0.4 is 10.2 Å². The number of thiazole rings is 1. The number of anilines is 1. The van der Waals surface area contributed by atoms with E-state index in [-0.39, 0.29) is 5.60 Å². The molecule has 4 nitrogen and oxygen atoms in total. The van der Waals surface area contributed by atoms with E-state index in [2.05, 4.69) is 34.4 Å². The SMILES string of the molecule is CNCCc1csc(N2CCOC(C)(C)C2)n1. The second-order valence-corrected chi connectivity index (χ2v) is 5.84. The van der Waals surface area contributed by atoms with Crippen molar-refractivity contribution in [2.45, 2.75) is 25.9 Å². The highest BCUT2D eigenvalue weighted by molar-refractivity contribution is 7.13. The van der Waals surface area contributed by atoms with Gasteiger partial charge in [0.25, 0.3) is 0 Å². The Labute approximate surface area is 107 Å². The number of aromatic nitrogens is 1. The minimum Gasteiger partial charge on any atom is -0.372 e. The molecule has 5 heteroatoms. The van der Waals surface area contributed by atoms with Crippen LogP contribution in [0.5, 0.6) is 0 Å². The lowest BCUT2D eigenvalue weighted by molar-refractivity contribution is -0.0277. The van der Waals surface area contributed by atoms with Crippen LogP contribution in [0.1, 0.15) is 19.5 Å². The molecule has 96 valence electrons. The minimum absolute atomic E-state index is 0.0605. The van der Waals surface area contributed by atoms with Gasteiger partial charge in [0, 0.05) is 31.4 Å². The second-order valence-electron chi connectivity index (χ2n) is 5.00. The third-order valence-corrected chi connectivity index (χ3v) is 3.82. The molecule has 0 aliphatic carbocycles. The minimum atomic E-state index is -0.0605. The molecule has 0 aromatic carbocycles. The molecule has 0 amide bonds. The third kappa shape index (κ3) is 3.40. The number of morpholine rings is 1. The number of hydrogen-bond donors (Lipinski definition) is 1. The maximum Gasteiger partial charge on any atom is 0.185 e. The van der Waals surface area contributed by atoms with Crippen LogP contribution in [0.15, 0.2) is 5.38 Å². The predicted molar refractivity (Wildman–Crippen MR) is 72.0 cm³/mol. The molecule has 1 saturated heterocycles. The zero-order chi connectivity index (χ0) is 12.3.